The van der Waals surface area contributed by atoms with E-state index in [0.717, 1.165) is 33.9 Å². The summed E-state index contributed by atoms with van der Waals surface area (Å²) in [6.07, 6.45) is 2.09. The molecular formula is C23H19FO2. The van der Waals surface area contributed by atoms with Crippen molar-refractivity contribution in [3.63, 3.8) is 0 Å². The second kappa shape index (κ2) is 7.04. The van der Waals surface area contributed by atoms with Gasteiger partial charge in [-0.15, -0.1) is 0 Å². The molecule has 0 fully saturated rings. The van der Waals surface area contributed by atoms with Crippen molar-refractivity contribution in [1.82, 2.24) is 0 Å². The van der Waals surface area contributed by atoms with Gasteiger partial charge in [0.05, 0.1) is 6.61 Å². The molecule has 0 aromatic heterocycles. The Balaban J connectivity index is 1.75. The second-order valence-corrected chi connectivity index (χ2v) is 6.16. The van der Waals surface area contributed by atoms with Gasteiger partial charge in [0.15, 0.2) is 0 Å². The van der Waals surface area contributed by atoms with E-state index in [1.807, 2.05) is 61.5 Å². The molecule has 0 radical (unpaired) electrons. The lowest BCUT2D eigenvalue weighted by Gasteiger charge is -2.25. The number of hydrogen-bond acceptors (Lipinski definition) is 2. The third-order valence-corrected chi connectivity index (χ3v) is 4.47. The molecule has 1 aliphatic heterocycles. The van der Waals surface area contributed by atoms with E-state index in [-0.39, 0.29) is 11.7 Å². The van der Waals surface area contributed by atoms with Crippen LogP contribution in [0.15, 0.2) is 78.9 Å². The van der Waals surface area contributed by atoms with Crippen molar-refractivity contribution < 1.29 is 13.9 Å². The molecule has 1 aliphatic rings. The van der Waals surface area contributed by atoms with Gasteiger partial charge in [-0.05, 0) is 61.0 Å². The molecule has 26 heavy (non-hydrogen) atoms. The predicted molar refractivity (Wildman–Crippen MR) is 101 cm³/mol. The lowest BCUT2D eigenvalue weighted by Crippen LogP contribution is -2.10. The normalized spacial score (nSPS) is 15.6. The molecule has 0 saturated carbocycles. The van der Waals surface area contributed by atoms with Crippen LogP contribution in [0, 0.1) is 5.82 Å². The monoisotopic (exact) mass is 346 g/mol. The molecule has 1 atom stereocenters. The summed E-state index contributed by atoms with van der Waals surface area (Å²) >= 11 is 0. The molecule has 3 heteroatoms. The van der Waals surface area contributed by atoms with Gasteiger partial charge in [-0.3, -0.25) is 0 Å². The number of halogens is 1. The van der Waals surface area contributed by atoms with E-state index in [2.05, 4.69) is 12.1 Å². The van der Waals surface area contributed by atoms with Crippen molar-refractivity contribution in [2.24, 2.45) is 0 Å². The Morgan fingerprint density at radius 1 is 0.923 bits per heavy atom. The maximum absolute atomic E-state index is 13.3. The molecule has 1 heterocycles. The summed E-state index contributed by atoms with van der Waals surface area (Å²) in [5, 5.41) is 0. The van der Waals surface area contributed by atoms with E-state index >= 15 is 0 Å². The van der Waals surface area contributed by atoms with E-state index in [9.17, 15) is 4.39 Å². The maximum Gasteiger partial charge on any atom is 0.131 e. The highest BCUT2D eigenvalue weighted by Crippen LogP contribution is 2.40. The van der Waals surface area contributed by atoms with Crippen molar-refractivity contribution in [2.75, 3.05) is 6.61 Å². The molecule has 2 nitrogen and oxygen atoms in total. The molecule has 3 aromatic carbocycles. The quantitative estimate of drug-likeness (QED) is 0.595. The van der Waals surface area contributed by atoms with Crippen molar-refractivity contribution >= 4 is 5.76 Å². The first-order valence-electron chi connectivity index (χ1n) is 8.72. The lowest BCUT2D eigenvalue weighted by molar-refractivity contribution is 0.340. The van der Waals surface area contributed by atoms with E-state index in [1.165, 1.54) is 12.1 Å². The van der Waals surface area contributed by atoms with Crippen LogP contribution in [0.3, 0.4) is 0 Å². The standard InChI is InChI=1S/C23H19FO2/c1-2-25-19-13-9-17(10-14-19)23-15-21(16-7-11-18(24)12-8-16)20-5-3-4-6-22(20)26-23/h3-15,21H,2H2,1H3/t21-/m1/s1. The predicted octanol–water partition coefficient (Wildman–Crippen LogP) is 5.79. The van der Waals surface area contributed by atoms with Gasteiger partial charge in [0.2, 0.25) is 0 Å². The van der Waals surface area contributed by atoms with Crippen LogP contribution in [0.25, 0.3) is 5.76 Å². The van der Waals surface area contributed by atoms with E-state index in [0.29, 0.717) is 6.61 Å². The van der Waals surface area contributed by atoms with Gasteiger partial charge in [0.25, 0.3) is 0 Å². The first kappa shape index (κ1) is 16.4. The molecular weight excluding hydrogens is 327 g/mol. The lowest BCUT2D eigenvalue weighted by atomic mass is 9.88. The van der Waals surface area contributed by atoms with Gasteiger partial charge in [-0.1, -0.05) is 30.3 Å². The summed E-state index contributed by atoms with van der Waals surface area (Å²) in [6.45, 7) is 2.60. The summed E-state index contributed by atoms with van der Waals surface area (Å²) in [6, 6.07) is 22.5. The first-order chi connectivity index (χ1) is 12.7. The van der Waals surface area contributed by atoms with Crippen LogP contribution in [0.5, 0.6) is 11.5 Å². The minimum Gasteiger partial charge on any atom is -0.494 e. The highest BCUT2D eigenvalue weighted by Gasteiger charge is 2.23. The average Bonchev–Trinajstić information content (AvgIpc) is 2.69. The maximum atomic E-state index is 13.3. The Kier molecular flexibility index (Phi) is 4.44. The van der Waals surface area contributed by atoms with Gasteiger partial charge < -0.3 is 9.47 Å². The Morgan fingerprint density at radius 3 is 2.38 bits per heavy atom. The zero-order valence-corrected chi connectivity index (χ0v) is 14.5. The van der Waals surface area contributed by atoms with Gasteiger partial charge in [-0.2, -0.15) is 0 Å². The topological polar surface area (TPSA) is 18.5 Å². The number of allylic oxidation sites excluding steroid dienone is 1. The number of fused-ring (bicyclic) bond motifs is 1. The van der Waals surface area contributed by atoms with Crippen molar-refractivity contribution in [2.45, 2.75) is 12.8 Å². The van der Waals surface area contributed by atoms with E-state index < -0.39 is 0 Å². The van der Waals surface area contributed by atoms with Gasteiger partial charge in [0.1, 0.15) is 23.1 Å². The van der Waals surface area contributed by atoms with E-state index in [4.69, 9.17) is 9.47 Å². The Bertz CT molecular complexity index is 927. The summed E-state index contributed by atoms with van der Waals surface area (Å²) in [7, 11) is 0. The highest BCUT2D eigenvalue weighted by atomic mass is 19.1. The number of benzene rings is 3. The van der Waals surface area contributed by atoms with Crippen LogP contribution in [0.4, 0.5) is 4.39 Å². The zero-order chi connectivity index (χ0) is 17.9. The zero-order valence-electron chi connectivity index (χ0n) is 14.5. The number of hydrogen-bond donors (Lipinski definition) is 0. The number of para-hydroxylation sites is 1. The third kappa shape index (κ3) is 3.21. The summed E-state index contributed by atoms with van der Waals surface area (Å²) in [5.74, 6) is 2.24. The number of rotatable bonds is 4. The molecule has 0 unspecified atom stereocenters. The van der Waals surface area contributed by atoms with E-state index in [1.54, 1.807) is 0 Å². The number of ether oxygens (including phenoxy) is 2. The fourth-order valence-corrected chi connectivity index (χ4v) is 3.21. The van der Waals surface area contributed by atoms with Crippen molar-refractivity contribution in [1.29, 1.82) is 0 Å². The minimum atomic E-state index is -0.232. The summed E-state index contributed by atoms with van der Waals surface area (Å²) in [5.41, 5.74) is 3.09. The Labute approximate surface area is 152 Å². The molecule has 4 rings (SSSR count). The molecule has 0 bridgehead atoms. The van der Waals surface area contributed by atoms with Crippen LogP contribution in [-0.4, -0.2) is 6.61 Å². The fraction of sp³-hybridized carbons (Fsp3) is 0.130. The Hall–Kier alpha value is -3.07. The van der Waals surface area contributed by atoms with Crippen LogP contribution >= 0.6 is 0 Å². The Morgan fingerprint density at radius 2 is 1.65 bits per heavy atom. The third-order valence-electron chi connectivity index (χ3n) is 4.47. The molecule has 130 valence electrons. The molecule has 0 amide bonds. The second-order valence-electron chi connectivity index (χ2n) is 6.16. The smallest absolute Gasteiger partial charge is 0.131 e. The summed E-state index contributed by atoms with van der Waals surface area (Å²) < 4.78 is 25.0. The van der Waals surface area contributed by atoms with Gasteiger partial charge in [0, 0.05) is 17.0 Å². The molecule has 0 spiro atoms. The van der Waals surface area contributed by atoms with Crippen LogP contribution < -0.4 is 9.47 Å². The van der Waals surface area contributed by atoms with Crippen molar-refractivity contribution in [3.05, 3.63) is 101 Å². The average molecular weight is 346 g/mol. The summed E-state index contributed by atoms with van der Waals surface area (Å²) in [4.78, 5) is 0. The molecule has 0 saturated heterocycles. The molecule has 3 aromatic rings. The van der Waals surface area contributed by atoms with Crippen LogP contribution in [-0.2, 0) is 0 Å². The van der Waals surface area contributed by atoms with Crippen LogP contribution in [0.1, 0.15) is 29.5 Å². The van der Waals surface area contributed by atoms with Gasteiger partial charge in [-0.25, -0.2) is 4.39 Å². The van der Waals surface area contributed by atoms with Crippen molar-refractivity contribution in [3.8, 4) is 11.5 Å². The molecule has 0 N–H and O–H groups in total. The highest BCUT2D eigenvalue weighted by molar-refractivity contribution is 5.68. The first-order valence-corrected chi connectivity index (χ1v) is 8.72. The SMILES string of the molecule is CCOc1ccc(C2=C[C@H](c3ccc(F)cc3)c3ccccc3O2)cc1. The fourth-order valence-electron chi connectivity index (χ4n) is 3.21. The molecule has 0 aliphatic carbocycles. The largest absolute Gasteiger partial charge is 0.494 e. The minimum absolute atomic E-state index is 0.0159. The van der Waals surface area contributed by atoms with Crippen LogP contribution in [0.2, 0.25) is 0 Å². The van der Waals surface area contributed by atoms with Gasteiger partial charge >= 0.3 is 0 Å².